The van der Waals surface area contributed by atoms with E-state index in [1.54, 1.807) is 12.1 Å². The van der Waals surface area contributed by atoms with Crippen molar-refractivity contribution in [3.63, 3.8) is 0 Å². The van der Waals surface area contributed by atoms with Crippen LogP contribution in [0.3, 0.4) is 0 Å². The van der Waals surface area contributed by atoms with Gasteiger partial charge >= 0.3 is 6.18 Å². The summed E-state index contributed by atoms with van der Waals surface area (Å²) in [6.07, 6.45) is -1.74. The molecule has 0 aliphatic heterocycles. The lowest BCUT2D eigenvalue weighted by molar-refractivity contribution is -0.141. The second-order valence-electron chi connectivity index (χ2n) is 3.90. The van der Waals surface area contributed by atoms with Crippen LogP contribution in [0.25, 0.3) is 11.3 Å². The molecule has 0 unspecified atom stereocenters. The van der Waals surface area contributed by atoms with Gasteiger partial charge in [-0.15, -0.1) is 0 Å². The van der Waals surface area contributed by atoms with Gasteiger partial charge in [0.25, 0.3) is 0 Å². The summed E-state index contributed by atoms with van der Waals surface area (Å²) in [5.41, 5.74) is -0.477. The highest BCUT2D eigenvalue weighted by molar-refractivity contribution is 5.56. The fourth-order valence-electron chi connectivity index (χ4n) is 1.58. The van der Waals surface area contributed by atoms with Crippen LogP contribution in [0.15, 0.2) is 34.9 Å². The molecule has 2 aromatic rings. The first-order valence-electron chi connectivity index (χ1n) is 5.56. The van der Waals surface area contributed by atoms with E-state index in [1.807, 2.05) is 0 Å². The zero-order chi connectivity index (χ0) is 13.9. The highest BCUT2D eigenvalue weighted by Crippen LogP contribution is 2.29. The number of furan rings is 1. The fourth-order valence-corrected chi connectivity index (χ4v) is 1.58. The molecule has 0 atom stereocenters. The summed E-state index contributed by atoms with van der Waals surface area (Å²) < 4.78 is 42.5. The van der Waals surface area contributed by atoms with Crippen LogP contribution in [-0.4, -0.2) is 11.3 Å². The van der Waals surface area contributed by atoms with E-state index in [0.717, 1.165) is 18.5 Å². The zero-order valence-corrected chi connectivity index (χ0v) is 9.78. The summed E-state index contributed by atoms with van der Waals surface area (Å²) in [6.45, 7) is 0. The number of aryl methyl sites for hydroxylation is 1. The molecule has 2 aromatic heterocycles. The average Bonchev–Trinajstić information content (AvgIpc) is 2.84. The predicted molar refractivity (Wildman–Crippen MR) is 61.3 cm³/mol. The predicted octanol–water partition coefficient (Wildman–Crippen LogP) is 3.49. The first kappa shape index (κ1) is 13.3. The SMILES string of the molecule is O=CCCc1ccc(-c2ccc(C(F)(F)F)nc2)o1. The Morgan fingerprint density at radius 1 is 1.21 bits per heavy atom. The number of carbonyl (C=O) groups excluding carboxylic acids is 1. The maximum absolute atomic E-state index is 12.3. The number of halogens is 3. The molecule has 0 saturated heterocycles. The molecule has 3 nitrogen and oxygen atoms in total. The van der Waals surface area contributed by atoms with Crippen LogP contribution >= 0.6 is 0 Å². The second-order valence-corrected chi connectivity index (χ2v) is 3.90. The van der Waals surface area contributed by atoms with Gasteiger partial charge in [0.1, 0.15) is 23.5 Å². The third-order valence-corrected chi connectivity index (χ3v) is 2.51. The molecule has 2 rings (SSSR count). The van der Waals surface area contributed by atoms with Gasteiger partial charge in [-0.2, -0.15) is 13.2 Å². The molecule has 0 aromatic carbocycles. The second kappa shape index (κ2) is 5.26. The van der Waals surface area contributed by atoms with Crippen LogP contribution in [0.2, 0.25) is 0 Å². The Kier molecular flexibility index (Phi) is 3.69. The molecule has 0 amide bonds. The topological polar surface area (TPSA) is 43.1 Å². The molecule has 0 bridgehead atoms. The standard InChI is InChI=1S/C13H10F3NO2/c14-13(15,16)12-6-3-9(8-17-12)11-5-4-10(19-11)2-1-7-18/h3-8H,1-2H2. The van der Waals surface area contributed by atoms with Crippen molar-refractivity contribution in [2.75, 3.05) is 0 Å². The minimum absolute atomic E-state index is 0.345. The Bertz CT molecular complexity index is 558. The van der Waals surface area contributed by atoms with Gasteiger partial charge in [-0.1, -0.05) is 0 Å². The van der Waals surface area contributed by atoms with Crippen LogP contribution in [-0.2, 0) is 17.4 Å². The Hall–Kier alpha value is -2.11. The first-order valence-corrected chi connectivity index (χ1v) is 5.56. The summed E-state index contributed by atoms with van der Waals surface area (Å²) in [6, 6.07) is 5.54. The summed E-state index contributed by atoms with van der Waals surface area (Å²) in [4.78, 5) is 13.6. The number of carbonyl (C=O) groups is 1. The average molecular weight is 269 g/mol. The van der Waals surface area contributed by atoms with Crippen molar-refractivity contribution in [1.29, 1.82) is 0 Å². The van der Waals surface area contributed by atoms with E-state index in [4.69, 9.17) is 4.42 Å². The lowest BCUT2D eigenvalue weighted by Crippen LogP contribution is -2.07. The molecule has 19 heavy (non-hydrogen) atoms. The van der Waals surface area contributed by atoms with Crippen LogP contribution in [0.4, 0.5) is 13.2 Å². The number of hydrogen-bond acceptors (Lipinski definition) is 3. The van der Waals surface area contributed by atoms with Crippen LogP contribution in [0, 0.1) is 0 Å². The number of aldehydes is 1. The van der Waals surface area contributed by atoms with Crippen molar-refractivity contribution in [2.24, 2.45) is 0 Å². The van der Waals surface area contributed by atoms with Crippen molar-refractivity contribution < 1.29 is 22.4 Å². The Morgan fingerprint density at radius 2 is 2.00 bits per heavy atom. The zero-order valence-electron chi connectivity index (χ0n) is 9.78. The Morgan fingerprint density at radius 3 is 2.58 bits per heavy atom. The molecule has 0 aliphatic carbocycles. The molecule has 0 fully saturated rings. The largest absolute Gasteiger partial charge is 0.461 e. The normalized spacial score (nSPS) is 11.5. The number of aromatic nitrogens is 1. The fraction of sp³-hybridized carbons (Fsp3) is 0.231. The molecule has 100 valence electrons. The van der Waals surface area contributed by atoms with Gasteiger partial charge in [0, 0.05) is 24.6 Å². The Labute approximate surface area is 107 Å². The molecule has 0 N–H and O–H groups in total. The minimum atomic E-state index is -4.45. The van der Waals surface area contributed by atoms with Gasteiger partial charge in [0.2, 0.25) is 0 Å². The van der Waals surface area contributed by atoms with Crippen LogP contribution in [0.1, 0.15) is 17.9 Å². The summed E-state index contributed by atoms with van der Waals surface area (Å²) in [7, 11) is 0. The van der Waals surface area contributed by atoms with Crippen LogP contribution in [0.5, 0.6) is 0 Å². The molecule has 0 aliphatic rings. The highest BCUT2D eigenvalue weighted by Gasteiger charge is 2.32. The number of hydrogen-bond donors (Lipinski definition) is 0. The van der Waals surface area contributed by atoms with Gasteiger partial charge in [-0.25, -0.2) is 0 Å². The molecular formula is C13H10F3NO2. The molecule has 0 spiro atoms. The quantitative estimate of drug-likeness (QED) is 0.798. The molecule has 0 saturated carbocycles. The van der Waals surface area contributed by atoms with Gasteiger partial charge in [0.15, 0.2) is 0 Å². The number of pyridine rings is 1. The van der Waals surface area contributed by atoms with Crippen molar-refractivity contribution in [1.82, 2.24) is 4.98 Å². The van der Waals surface area contributed by atoms with Crippen LogP contribution < -0.4 is 0 Å². The van der Waals surface area contributed by atoms with E-state index in [-0.39, 0.29) is 0 Å². The lowest BCUT2D eigenvalue weighted by Gasteiger charge is -2.05. The number of nitrogens with zero attached hydrogens (tertiary/aromatic N) is 1. The van der Waals surface area contributed by atoms with Gasteiger partial charge < -0.3 is 9.21 Å². The van der Waals surface area contributed by atoms with Gasteiger partial charge in [-0.3, -0.25) is 4.98 Å². The smallest absolute Gasteiger partial charge is 0.433 e. The minimum Gasteiger partial charge on any atom is -0.461 e. The molecule has 6 heteroatoms. The van der Waals surface area contributed by atoms with Crippen molar-refractivity contribution in [2.45, 2.75) is 19.0 Å². The van der Waals surface area contributed by atoms with Crippen molar-refractivity contribution in [3.05, 3.63) is 41.9 Å². The van der Waals surface area contributed by atoms with E-state index in [2.05, 4.69) is 4.98 Å². The summed E-state index contributed by atoms with van der Waals surface area (Å²) >= 11 is 0. The first-order chi connectivity index (χ1) is 9.00. The highest BCUT2D eigenvalue weighted by atomic mass is 19.4. The molecular weight excluding hydrogens is 259 g/mol. The third-order valence-electron chi connectivity index (χ3n) is 2.51. The van der Waals surface area contributed by atoms with Crippen molar-refractivity contribution >= 4 is 6.29 Å². The van der Waals surface area contributed by atoms with E-state index >= 15 is 0 Å². The third kappa shape index (κ3) is 3.21. The Balaban J connectivity index is 2.18. The lowest BCUT2D eigenvalue weighted by atomic mass is 10.2. The summed E-state index contributed by atoms with van der Waals surface area (Å²) in [5.74, 6) is 1.05. The summed E-state index contributed by atoms with van der Waals surface area (Å²) in [5, 5.41) is 0. The molecule has 0 radical (unpaired) electrons. The van der Waals surface area contributed by atoms with Gasteiger partial charge in [-0.05, 0) is 24.3 Å². The monoisotopic (exact) mass is 269 g/mol. The van der Waals surface area contributed by atoms with Gasteiger partial charge in [0.05, 0.1) is 0 Å². The maximum Gasteiger partial charge on any atom is 0.433 e. The molecule has 2 heterocycles. The maximum atomic E-state index is 12.3. The van der Waals surface area contributed by atoms with E-state index in [9.17, 15) is 18.0 Å². The number of rotatable bonds is 4. The van der Waals surface area contributed by atoms with Crippen molar-refractivity contribution in [3.8, 4) is 11.3 Å². The van der Waals surface area contributed by atoms with E-state index in [0.29, 0.717) is 29.9 Å². The van der Waals surface area contributed by atoms with E-state index in [1.165, 1.54) is 6.07 Å². The van der Waals surface area contributed by atoms with E-state index < -0.39 is 11.9 Å². The number of alkyl halides is 3.